The van der Waals surface area contributed by atoms with Gasteiger partial charge in [-0.2, -0.15) is 5.26 Å². The smallest absolute Gasteiger partial charge is 0.237 e. The molecule has 2 saturated carbocycles. The number of carbonyl (C=O) groups excluding carboxylic acids is 2. The van der Waals surface area contributed by atoms with E-state index < -0.39 is 11.0 Å². The zero-order valence-electron chi connectivity index (χ0n) is 12.0. The van der Waals surface area contributed by atoms with Crippen LogP contribution in [0.2, 0.25) is 0 Å². The molecule has 1 spiro atoms. The van der Waals surface area contributed by atoms with E-state index in [1.54, 1.807) is 0 Å². The number of hydrogen-bond acceptors (Lipinski definition) is 3. The number of rotatable bonds is 1. The minimum atomic E-state index is -0.840. The molecule has 1 aliphatic heterocycles. The molecule has 1 heterocycles. The lowest BCUT2D eigenvalue weighted by Gasteiger charge is -2.39. The van der Waals surface area contributed by atoms with Crippen LogP contribution >= 0.6 is 0 Å². The Labute approximate surface area is 120 Å². The second kappa shape index (κ2) is 4.87. The van der Waals surface area contributed by atoms with Crippen molar-refractivity contribution in [2.24, 2.45) is 5.41 Å². The van der Waals surface area contributed by atoms with Crippen LogP contribution in [-0.2, 0) is 9.59 Å². The van der Waals surface area contributed by atoms with Crippen LogP contribution in [0.15, 0.2) is 0 Å². The first kappa shape index (κ1) is 13.6. The highest BCUT2D eigenvalue weighted by Crippen LogP contribution is 2.49. The highest BCUT2D eigenvalue weighted by molar-refractivity contribution is 6.07. The molecule has 4 nitrogen and oxygen atoms in total. The third kappa shape index (κ3) is 1.87. The topological polar surface area (TPSA) is 61.2 Å². The Kier molecular flexibility index (Phi) is 3.32. The fourth-order valence-corrected chi connectivity index (χ4v) is 4.37. The first-order chi connectivity index (χ1) is 9.64. The van der Waals surface area contributed by atoms with Crippen molar-refractivity contribution in [1.82, 2.24) is 4.90 Å². The van der Waals surface area contributed by atoms with Crippen molar-refractivity contribution in [3.05, 3.63) is 0 Å². The van der Waals surface area contributed by atoms with Crippen LogP contribution in [0.3, 0.4) is 0 Å². The minimum Gasteiger partial charge on any atom is -0.274 e. The van der Waals surface area contributed by atoms with E-state index in [4.69, 9.17) is 0 Å². The zero-order chi connectivity index (χ0) is 14.2. The molecule has 0 aromatic carbocycles. The number of amides is 2. The molecular weight excluding hydrogens is 252 g/mol. The molecule has 0 aromatic rings. The monoisotopic (exact) mass is 274 g/mol. The van der Waals surface area contributed by atoms with Crippen LogP contribution < -0.4 is 0 Å². The van der Waals surface area contributed by atoms with Gasteiger partial charge in [0.05, 0.1) is 11.5 Å². The van der Waals surface area contributed by atoms with E-state index in [9.17, 15) is 14.9 Å². The number of nitriles is 1. The Morgan fingerprint density at radius 3 is 2.00 bits per heavy atom. The Balaban J connectivity index is 1.92. The molecule has 0 N–H and O–H groups in total. The van der Waals surface area contributed by atoms with Crippen LogP contribution in [0.4, 0.5) is 0 Å². The summed E-state index contributed by atoms with van der Waals surface area (Å²) in [6, 6.07) is 2.33. The first-order valence-corrected chi connectivity index (χ1v) is 7.92. The average Bonchev–Trinajstić information content (AvgIpc) is 2.72. The molecule has 0 bridgehead atoms. The van der Waals surface area contributed by atoms with Gasteiger partial charge in [-0.1, -0.05) is 38.5 Å². The number of imide groups is 1. The van der Waals surface area contributed by atoms with Crippen molar-refractivity contribution < 1.29 is 9.59 Å². The standard InChI is InChI=1S/C16H22N2O2/c17-12-16(9-5-2-6-10-16)18-13(19)11-15(14(18)20)7-3-1-4-8-15/h1-11H2. The van der Waals surface area contributed by atoms with Crippen molar-refractivity contribution in [3.63, 3.8) is 0 Å². The molecule has 0 unspecified atom stereocenters. The maximum absolute atomic E-state index is 12.9. The molecule has 2 aliphatic carbocycles. The maximum atomic E-state index is 12.9. The molecule has 108 valence electrons. The van der Waals surface area contributed by atoms with E-state index in [1.165, 1.54) is 4.90 Å². The summed E-state index contributed by atoms with van der Waals surface area (Å²) >= 11 is 0. The molecule has 2 amide bonds. The van der Waals surface area contributed by atoms with Gasteiger partial charge in [0, 0.05) is 6.42 Å². The predicted octanol–water partition coefficient (Wildman–Crippen LogP) is 2.92. The number of carbonyl (C=O) groups is 2. The Hall–Kier alpha value is -1.37. The van der Waals surface area contributed by atoms with Crippen LogP contribution in [0.25, 0.3) is 0 Å². The Bertz CT molecular complexity index is 465. The van der Waals surface area contributed by atoms with Crippen molar-refractivity contribution in [3.8, 4) is 6.07 Å². The summed E-state index contributed by atoms with van der Waals surface area (Å²) in [4.78, 5) is 26.8. The molecule has 3 fully saturated rings. The summed E-state index contributed by atoms with van der Waals surface area (Å²) < 4.78 is 0. The van der Waals surface area contributed by atoms with Crippen molar-refractivity contribution in [1.29, 1.82) is 5.26 Å². The lowest BCUT2D eigenvalue weighted by molar-refractivity contribution is -0.148. The Morgan fingerprint density at radius 2 is 1.45 bits per heavy atom. The maximum Gasteiger partial charge on any atom is 0.237 e. The van der Waals surface area contributed by atoms with Gasteiger partial charge in [0.25, 0.3) is 0 Å². The quantitative estimate of drug-likeness (QED) is 0.691. The summed E-state index contributed by atoms with van der Waals surface area (Å²) in [6.07, 6.45) is 9.54. The third-order valence-electron chi connectivity index (χ3n) is 5.52. The van der Waals surface area contributed by atoms with Crippen LogP contribution in [0.5, 0.6) is 0 Å². The molecule has 4 heteroatoms. The van der Waals surface area contributed by atoms with Gasteiger partial charge >= 0.3 is 0 Å². The Morgan fingerprint density at radius 1 is 0.900 bits per heavy atom. The zero-order valence-corrected chi connectivity index (χ0v) is 12.0. The van der Waals surface area contributed by atoms with Crippen LogP contribution in [-0.4, -0.2) is 22.3 Å². The summed E-state index contributed by atoms with van der Waals surface area (Å²) in [6.45, 7) is 0. The highest BCUT2D eigenvalue weighted by Gasteiger charge is 2.58. The molecule has 3 rings (SSSR count). The lowest BCUT2D eigenvalue weighted by Crippen LogP contribution is -2.53. The fraction of sp³-hybridized carbons (Fsp3) is 0.812. The summed E-state index contributed by atoms with van der Waals surface area (Å²) in [5.74, 6) is -0.133. The molecule has 0 radical (unpaired) electrons. The second-order valence-electron chi connectivity index (χ2n) is 6.76. The van der Waals surface area contributed by atoms with E-state index in [0.29, 0.717) is 19.3 Å². The van der Waals surface area contributed by atoms with Gasteiger partial charge in [-0.3, -0.25) is 14.5 Å². The summed E-state index contributed by atoms with van der Waals surface area (Å²) in [5.41, 5.74) is -1.30. The molecule has 1 saturated heterocycles. The minimum absolute atomic E-state index is 0.0364. The first-order valence-electron chi connectivity index (χ1n) is 7.92. The van der Waals surface area contributed by atoms with Crippen molar-refractivity contribution in [2.45, 2.75) is 76.2 Å². The van der Waals surface area contributed by atoms with E-state index in [-0.39, 0.29) is 11.8 Å². The van der Waals surface area contributed by atoms with Gasteiger partial charge in [-0.15, -0.1) is 0 Å². The van der Waals surface area contributed by atoms with Crippen LogP contribution in [0, 0.1) is 16.7 Å². The van der Waals surface area contributed by atoms with E-state index in [2.05, 4.69) is 6.07 Å². The molecule has 3 aliphatic rings. The van der Waals surface area contributed by atoms with E-state index in [0.717, 1.165) is 51.4 Å². The van der Waals surface area contributed by atoms with Crippen molar-refractivity contribution >= 4 is 11.8 Å². The predicted molar refractivity (Wildman–Crippen MR) is 73.4 cm³/mol. The van der Waals surface area contributed by atoms with Crippen molar-refractivity contribution in [2.75, 3.05) is 0 Å². The van der Waals surface area contributed by atoms with E-state index >= 15 is 0 Å². The molecule has 0 aromatic heterocycles. The SMILES string of the molecule is N#CC1(N2C(=O)CC3(CCCCC3)C2=O)CCCCC1. The largest absolute Gasteiger partial charge is 0.274 e. The van der Waals surface area contributed by atoms with E-state index in [1.807, 2.05) is 0 Å². The van der Waals surface area contributed by atoms with Crippen LogP contribution in [0.1, 0.15) is 70.6 Å². The molecule has 20 heavy (non-hydrogen) atoms. The van der Waals surface area contributed by atoms with Gasteiger partial charge in [0.1, 0.15) is 5.54 Å². The highest BCUT2D eigenvalue weighted by atomic mass is 16.2. The van der Waals surface area contributed by atoms with Gasteiger partial charge in [-0.25, -0.2) is 0 Å². The molecule has 0 atom stereocenters. The summed E-state index contributed by atoms with van der Waals surface area (Å²) in [7, 11) is 0. The number of nitrogens with zero attached hydrogens (tertiary/aromatic N) is 2. The van der Waals surface area contributed by atoms with Gasteiger partial charge < -0.3 is 0 Å². The lowest BCUT2D eigenvalue weighted by atomic mass is 9.72. The third-order valence-corrected chi connectivity index (χ3v) is 5.52. The number of hydrogen-bond donors (Lipinski definition) is 0. The molecular formula is C16H22N2O2. The normalized spacial score (nSPS) is 28.6. The fourth-order valence-electron chi connectivity index (χ4n) is 4.37. The van der Waals surface area contributed by atoms with Gasteiger partial charge in [-0.05, 0) is 25.7 Å². The summed E-state index contributed by atoms with van der Waals surface area (Å²) in [5, 5.41) is 9.63. The van der Waals surface area contributed by atoms with Gasteiger partial charge in [0.15, 0.2) is 0 Å². The van der Waals surface area contributed by atoms with Gasteiger partial charge in [0.2, 0.25) is 11.8 Å². The second-order valence-corrected chi connectivity index (χ2v) is 6.76. The number of likely N-dealkylation sites (tertiary alicyclic amines) is 1. The average molecular weight is 274 g/mol.